The summed E-state index contributed by atoms with van der Waals surface area (Å²) in [4.78, 5) is 6.70. The Morgan fingerprint density at radius 2 is 2.15 bits per heavy atom. The van der Waals surface area contributed by atoms with Crippen molar-refractivity contribution < 1.29 is 5.11 Å². The molecule has 2 heterocycles. The lowest BCUT2D eigenvalue weighted by Crippen LogP contribution is -2.31. The number of nitrogens with two attached hydrogens (primary N) is 1. The molecule has 0 saturated heterocycles. The zero-order valence-electron chi connectivity index (χ0n) is 11.6. The van der Waals surface area contributed by atoms with Crippen LogP contribution in [-0.2, 0) is 19.5 Å². The molecule has 2 aromatic rings. The van der Waals surface area contributed by atoms with Crippen LogP contribution in [0.5, 0.6) is 5.75 Å². The van der Waals surface area contributed by atoms with E-state index in [1.54, 1.807) is 6.07 Å². The summed E-state index contributed by atoms with van der Waals surface area (Å²) in [6.45, 7) is 4.37. The third kappa shape index (κ3) is 2.47. The quantitative estimate of drug-likeness (QED) is 0.821. The van der Waals surface area contributed by atoms with Crippen molar-refractivity contribution in [2.75, 3.05) is 12.3 Å². The number of hydrogen-bond acceptors (Lipinski definition) is 4. The Labute approximate surface area is 118 Å². The van der Waals surface area contributed by atoms with Gasteiger partial charge < -0.3 is 10.8 Å². The second-order valence-corrected chi connectivity index (χ2v) is 5.36. The van der Waals surface area contributed by atoms with E-state index in [2.05, 4.69) is 16.0 Å². The third-order valence-electron chi connectivity index (χ3n) is 3.85. The van der Waals surface area contributed by atoms with Gasteiger partial charge in [0.1, 0.15) is 5.75 Å². The molecule has 0 unspecified atom stereocenters. The topological polar surface area (TPSA) is 62.4 Å². The Morgan fingerprint density at radius 1 is 1.30 bits per heavy atom. The average molecular weight is 269 g/mol. The summed E-state index contributed by atoms with van der Waals surface area (Å²) in [6.07, 6.45) is 0.993. The van der Waals surface area contributed by atoms with E-state index in [1.807, 2.05) is 25.1 Å². The molecule has 3 N–H and O–H groups in total. The van der Waals surface area contributed by atoms with Gasteiger partial charge in [-0.15, -0.1) is 0 Å². The molecular formula is C16H19N3O. The number of rotatable bonds is 2. The number of aromatic hydroxyl groups is 1. The van der Waals surface area contributed by atoms with Crippen LogP contribution in [0.4, 0.5) is 5.69 Å². The lowest BCUT2D eigenvalue weighted by molar-refractivity contribution is 0.239. The molecular weight excluding hydrogens is 250 g/mol. The van der Waals surface area contributed by atoms with E-state index in [0.29, 0.717) is 6.54 Å². The van der Waals surface area contributed by atoms with Gasteiger partial charge in [0.2, 0.25) is 0 Å². The second kappa shape index (κ2) is 5.13. The number of nitrogens with zero attached hydrogens (tertiary/aromatic N) is 2. The molecule has 0 bridgehead atoms. The van der Waals surface area contributed by atoms with E-state index >= 15 is 0 Å². The van der Waals surface area contributed by atoms with Crippen molar-refractivity contribution in [1.29, 1.82) is 0 Å². The molecule has 3 rings (SSSR count). The molecule has 20 heavy (non-hydrogen) atoms. The monoisotopic (exact) mass is 269 g/mol. The van der Waals surface area contributed by atoms with E-state index < -0.39 is 0 Å². The van der Waals surface area contributed by atoms with Crippen LogP contribution >= 0.6 is 0 Å². The minimum absolute atomic E-state index is 0.266. The molecule has 0 radical (unpaired) electrons. The van der Waals surface area contributed by atoms with Crippen molar-refractivity contribution in [3.05, 3.63) is 52.8 Å². The molecule has 1 aliphatic rings. The van der Waals surface area contributed by atoms with Crippen LogP contribution < -0.4 is 5.73 Å². The molecule has 1 aliphatic heterocycles. The number of fused-ring (bicyclic) bond motifs is 1. The van der Waals surface area contributed by atoms with Crippen LogP contribution in [0, 0.1) is 6.92 Å². The smallest absolute Gasteiger partial charge is 0.138 e. The van der Waals surface area contributed by atoms with Gasteiger partial charge in [0.05, 0.1) is 5.69 Å². The molecule has 1 aromatic heterocycles. The Balaban J connectivity index is 1.81. The maximum absolute atomic E-state index is 9.90. The normalized spacial score (nSPS) is 15.1. The maximum atomic E-state index is 9.90. The minimum Gasteiger partial charge on any atom is -0.506 e. The van der Waals surface area contributed by atoms with Crippen molar-refractivity contribution in [2.45, 2.75) is 26.4 Å². The molecule has 104 valence electrons. The van der Waals surface area contributed by atoms with E-state index in [-0.39, 0.29) is 5.75 Å². The molecule has 4 nitrogen and oxygen atoms in total. The lowest BCUT2D eigenvalue weighted by Gasteiger charge is -2.29. The number of nitrogen functional groups attached to an aromatic ring is 1. The maximum Gasteiger partial charge on any atom is 0.138 e. The molecule has 4 heteroatoms. The fraction of sp³-hybridized carbons (Fsp3) is 0.312. The molecule has 0 aliphatic carbocycles. The highest BCUT2D eigenvalue weighted by Crippen LogP contribution is 2.26. The summed E-state index contributed by atoms with van der Waals surface area (Å²) in [5.41, 5.74) is 11.1. The first-order valence-corrected chi connectivity index (χ1v) is 6.87. The highest BCUT2D eigenvalue weighted by atomic mass is 16.3. The SMILES string of the molecule is Cc1ccc(O)c(CN2CCc3cccc(N)c3C2)n1. The van der Waals surface area contributed by atoms with Gasteiger partial charge in [-0.3, -0.25) is 9.88 Å². The first kappa shape index (κ1) is 12.9. The van der Waals surface area contributed by atoms with E-state index in [0.717, 1.165) is 36.6 Å². The minimum atomic E-state index is 0.266. The van der Waals surface area contributed by atoms with Gasteiger partial charge in [0.15, 0.2) is 0 Å². The first-order valence-electron chi connectivity index (χ1n) is 6.87. The first-order chi connectivity index (χ1) is 9.63. The number of benzene rings is 1. The van der Waals surface area contributed by atoms with Gasteiger partial charge in [0, 0.05) is 31.0 Å². The lowest BCUT2D eigenvalue weighted by atomic mass is 9.98. The molecule has 1 aromatic carbocycles. The van der Waals surface area contributed by atoms with Gasteiger partial charge in [0.25, 0.3) is 0 Å². The standard InChI is InChI=1S/C16H19N3O/c1-11-5-6-16(20)15(18-11)10-19-8-7-12-3-2-4-14(17)13(12)9-19/h2-6,20H,7-10,17H2,1H3. The fourth-order valence-corrected chi connectivity index (χ4v) is 2.73. The van der Waals surface area contributed by atoms with Crippen LogP contribution in [0.15, 0.2) is 30.3 Å². The number of aromatic nitrogens is 1. The Kier molecular flexibility index (Phi) is 3.32. The summed E-state index contributed by atoms with van der Waals surface area (Å²) < 4.78 is 0. The van der Waals surface area contributed by atoms with Crippen molar-refractivity contribution in [3.8, 4) is 5.75 Å². The summed E-state index contributed by atoms with van der Waals surface area (Å²) >= 11 is 0. The third-order valence-corrected chi connectivity index (χ3v) is 3.85. The van der Waals surface area contributed by atoms with Crippen molar-refractivity contribution in [3.63, 3.8) is 0 Å². The highest BCUT2D eigenvalue weighted by molar-refractivity contribution is 5.51. The molecule has 0 saturated carbocycles. The molecule has 0 amide bonds. The zero-order valence-corrected chi connectivity index (χ0v) is 11.6. The Morgan fingerprint density at radius 3 is 3.00 bits per heavy atom. The average Bonchev–Trinajstić information content (AvgIpc) is 2.44. The summed E-state index contributed by atoms with van der Waals surface area (Å²) in [5.74, 6) is 0.266. The largest absolute Gasteiger partial charge is 0.506 e. The van der Waals surface area contributed by atoms with Gasteiger partial charge in [-0.1, -0.05) is 12.1 Å². The van der Waals surface area contributed by atoms with Crippen molar-refractivity contribution >= 4 is 5.69 Å². The van der Waals surface area contributed by atoms with E-state index in [9.17, 15) is 5.11 Å². The molecule has 0 atom stereocenters. The second-order valence-electron chi connectivity index (χ2n) is 5.36. The van der Waals surface area contributed by atoms with Gasteiger partial charge in [-0.25, -0.2) is 0 Å². The summed E-state index contributed by atoms with van der Waals surface area (Å²) in [5, 5.41) is 9.90. The van der Waals surface area contributed by atoms with Crippen LogP contribution in [-0.4, -0.2) is 21.5 Å². The fourth-order valence-electron chi connectivity index (χ4n) is 2.73. The summed E-state index contributed by atoms with van der Waals surface area (Å²) in [7, 11) is 0. The number of anilines is 1. The van der Waals surface area contributed by atoms with Crippen LogP contribution in [0.2, 0.25) is 0 Å². The highest BCUT2D eigenvalue weighted by Gasteiger charge is 2.19. The predicted octanol–water partition coefficient (Wildman–Crippen LogP) is 2.24. The van der Waals surface area contributed by atoms with Gasteiger partial charge in [-0.05, 0) is 42.7 Å². The number of hydrogen-bond donors (Lipinski definition) is 2. The Bertz CT molecular complexity index is 640. The van der Waals surface area contributed by atoms with Crippen molar-refractivity contribution in [1.82, 2.24) is 9.88 Å². The van der Waals surface area contributed by atoms with Crippen molar-refractivity contribution in [2.24, 2.45) is 0 Å². The predicted molar refractivity (Wildman–Crippen MR) is 79.3 cm³/mol. The number of aryl methyl sites for hydroxylation is 1. The Hall–Kier alpha value is -2.07. The van der Waals surface area contributed by atoms with E-state index in [4.69, 9.17) is 5.73 Å². The van der Waals surface area contributed by atoms with Crippen LogP contribution in [0.1, 0.15) is 22.5 Å². The molecule has 0 spiro atoms. The van der Waals surface area contributed by atoms with Gasteiger partial charge in [-0.2, -0.15) is 0 Å². The zero-order chi connectivity index (χ0) is 14.1. The summed E-state index contributed by atoms with van der Waals surface area (Å²) in [6, 6.07) is 9.64. The van der Waals surface area contributed by atoms with E-state index in [1.165, 1.54) is 11.1 Å². The van der Waals surface area contributed by atoms with Crippen LogP contribution in [0.25, 0.3) is 0 Å². The van der Waals surface area contributed by atoms with Gasteiger partial charge >= 0.3 is 0 Å². The molecule has 0 fully saturated rings. The number of pyridine rings is 1. The van der Waals surface area contributed by atoms with Crippen LogP contribution in [0.3, 0.4) is 0 Å².